The van der Waals surface area contributed by atoms with Gasteiger partial charge in [-0.2, -0.15) is 0 Å². The van der Waals surface area contributed by atoms with Crippen LogP contribution in [0.3, 0.4) is 0 Å². The van der Waals surface area contributed by atoms with Crippen LogP contribution in [0.4, 0.5) is 0 Å². The van der Waals surface area contributed by atoms with Gasteiger partial charge in [-0.25, -0.2) is 0 Å². The van der Waals surface area contributed by atoms with Gasteiger partial charge in [-0.05, 0) is 83.8 Å². The molecule has 1 aromatic rings. The van der Waals surface area contributed by atoms with E-state index in [9.17, 15) is 4.79 Å². The molecule has 2 heteroatoms. The molecule has 1 heterocycles. The topological polar surface area (TPSA) is 30.0 Å². The second-order valence-corrected chi connectivity index (χ2v) is 9.63. The van der Waals surface area contributed by atoms with Crippen LogP contribution in [-0.4, -0.2) is 10.8 Å². The number of hydrogen-bond donors (Lipinski definition) is 0. The summed E-state index contributed by atoms with van der Waals surface area (Å²) in [7, 11) is 0. The second-order valence-electron chi connectivity index (χ2n) is 9.63. The van der Waals surface area contributed by atoms with Gasteiger partial charge in [0.15, 0.2) is 0 Å². The lowest BCUT2D eigenvalue weighted by atomic mass is 9.47. The Morgan fingerprint density at radius 1 is 1.16 bits per heavy atom. The van der Waals surface area contributed by atoms with Crippen molar-refractivity contribution in [3.05, 3.63) is 36.2 Å². The Morgan fingerprint density at radius 3 is 2.84 bits per heavy atom. The molecule has 0 amide bonds. The zero-order valence-electron chi connectivity index (χ0n) is 15.5. The van der Waals surface area contributed by atoms with Crippen molar-refractivity contribution in [2.75, 3.05) is 0 Å². The highest BCUT2D eigenvalue weighted by atomic mass is 16.1. The summed E-state index contributed by atoms with van der Waals surface area (Å²) in [6.45, 7) is 4.96. The largest absolute Gasteiger partial charge is 0.300 e. The Labute approximate surface area is 151 Å². The Hall–Kier alpha value is -1.44. The summed E-state index contributed by atoms with van der Waals surface area (Å²) in [5.41, 5.74) is 3.45. The van der Waals surface area contributed by atoms with E-state index in [1.807, 2.05) is 12.4 Å². The molecular formula is C23H29NO. The molecule has 0 aromatic carbocycles. The van der Waals surface area contributed by atoms with Crippen LogP contribution in [0.25, 0.3) is 5.57 Å². The molecule has 6 atom stereocenters. The molecule has 0 N–H and O–H groups in total. The number of fused-ring (bicyclic) bond motifs is 5. The normalized spacial score (nSPS) is 45.5. The average molecular weight is 335 g/mol. The van der Waals surface area contributed by atoms with Crippen molar-refractivity contribution < 1.29 is 4.79 Å². The molecule has 5 rings (SSSR count). The van der Waals surface area contributed by atoms with E-state index >= 15 is 0 Å². The van der Waals surface area contributed by atoms with Crippen molar-refractivity contribution in [2.24, 2.45) is 34.5 Å². The predicted molar refractivity (Wildman–Crippen MR) is 99.7 cm³/mol. The zero-order valence-corrected chi connectivity index (χ0v) is 15.5. The number of aromatic nitrogens is 1. The van der Waals surface area contributed by atoms with Crippen molar-refractivity contribution in [2.45, 2.75) is 58.8 Å². The first-order valence-corrected chi connectivity index (χ1v) is 10.1. The minimum atomic E-state index is 0.290. The number of hydrogen-bond acceptors (Lipinski definition) is 2. The maximum absolute atomic E-state index is 12.2. The second kappa shape index (κ2) is 5.28. The summed E-state index contributed by atoms with van der Waals surface area (Å²) in [4.78, 5) is 16.6. The first-order chi connectivity index (χ1) is 12.0. The molecule has 132 valence electrons. The van der Waals surface area contributed by atoms with Crippen LogP contribution in [-0.2, 0) is 4.79 Å². The molecule has 0 saturated heterocycles. The van der Waals surface area contributed by atoms with E-state index in [0.29, 0.717) is 22.5 Å². The third kappa shape index (κ3) is 2.09. The fraction of sp³-hybridized carbons (Fsp3) is 0.652. The quantitative estimate of drug-likeness (QED) is 0.697. The van der Waals surface area contributed by atoms with E-state index in [1.165, 1.54) is 37.7 Å². The van der Waals surface area contributed by atoms with Crippen molar-refractivity contribution in [1.29, 1.82) is 0 Å². The Bertz CT molecular complexity index is 738. The molecule has 0 bridgehead atoms. The van der Waals surface area contributed by atoms with Crippen LogP contribution >= 0.6 is 0 Å². The standard InChI is InChI=1S/C23H29NO/c1-22-10-9-21-18(6-5-16-12-17(25)13-23(16,21)2)20(22)8-7-19(22)15-4-3-11-24-14-15/h3-4,7,11,14,16,18,20-21H,5-6,8-10,12-13H2,1-2H3/t16-,18-,20-,21-,22+,23-/m0/s1. The Balaban J connectivity index is 1.47. The van der Waals surface area contributed by atoms with Crippen LogP contribution in [0.15, 0.2) is 30.6 Å². The number of carbonyl (C=O) groups is 1. The van der Waals surface area contributed by atoms with E-state index in [0.717, 1.165) is 30.6 Å². The maximum Gasteiger partial charge on any atom is 0.133 e. The van der Waals surface area contributed by atoms with E-state index in [-0.39, 0.29) is 0 Å². The van der Waals surface area contributed by atoms with Gasteiger partial charge in [-0.15, -0.1) is 0 Å². The molecule has 3 saturated carbocycles. The third-order valence-corrected chi connectivity index (χ3v) is 8.67. The van der Waals surface area contributed by atoms with Gasteiger partial charge >= 0.3 is 0 Å². The van der Waals surface area contributed by atoms with Gasteiger partial charge in [0.2, 0.25) is 0 Å². The third-order valence-electron chi connectivity index (χ3n) is 8.67. The van der Waals surface area contributed by atoms with Gasteiger partial charge < -0.3 is 0 Å². The lowest BCUT2D eigenvalue weighted by Gasteiger charge is -2.57. The molecule has 4 aliphatic rings. The molecule has 3 fully saturated rings. The molecule has 25 heavy (non-hydrogen) atoms. The number of rotatable bonds is 1. The minimum Gasteiger partial charge on any atom is -0.300 e. The maximum atomic E-state index is 12.2. The van der Waals surface area contributed by atoms with Gasteiger partial charge in [0.05, 0.1) is 0 Å². The molecule has 0 aliphatic heterocycles. The highest BCUT2D eigenvalue weighted by molar-refractivity contribution is 5.82. The van der Waals surface area contributed by atoms with Gasteiger partial charge in [-0.1, -0.05) is 26.0 Å². The van der Waals surface area contributed by atoms with Gasteiger partial charge in [0.25, 0.3) is 0 Å². The van der Waals surface area contributed by atoms with E-state index in [2.05, 4.69) is 37.0 Å². The summed E-state index contributed by atoms with van der Waals surface area (Å²) in [5, 5.41) is 0. The highest BCUT2D eigenvalue weighted by Crippen LogP contribution is 2.67. The van der Waals surface area contributed by atoms with Crippen molar-refractivity contribution >= 4 is 11.4 Å². The molecule has 2 nitrogen and oxygen atoms in total. The lowest BCUT2D eigenvalue weighted by molar-refractivity contribution is -0.118. The predicted octanol–water partition coefficient (Wildman–Crippen LogP) is 5.30. The summed E-state index contributed by atoms with van der Waals surface area (Å²) >= 11 is 0. The van der Waals surface area contributed by atoms with Crippen molar-refractivity contribution in [3.8, 4) is 0 Å². The molecular weight excluding hydrogens is 306 g/mol. The van der Waals surface area contributed by atoms with Crippen LogP contribution in [0.2, 0.25) is 0 Å². The summed E-state index contributed by atoms with van der Waals surface area (Å²) < 4.78 is 0. The fourth-order valence-corrected chi connectivity index (χ4v) is 7.45. The number of allylic oxidation sites excluding steroid dienone is 2. The number of pyridine rings is 1. The highest BCUT2D eigenvalue weighted by Gasteiger charge is 2.59. The summed E-state index contributed by atoms with van der Waals surface area (Å²) in [5.74, 6) is 3.52. The van der Waals surface area contributed by atoms with Gasteiger partial charge in [-0.3, -0.25) is 9.78 Å². The first kappa shape index (κ1) is 15.8. The molecule has 0 spiro atoms. The molecule has 0 unspecified atom stereocenters. The number of Topliss-reactive ketones (excluding diaryl/α,β-unsaturated/α-hetero) is 1. The van der Waals surface area contributed by atoms with Crippen molar-refractivity contribution in [3.63, 3.8) is 0 Å². The minimum absolute atomic E-state index is 0.290. The SMILES string of the molecule is C[C@]12CC(=O)C[C@@H]1CC[C@@H]1[C@@H]2CC[C@]2(C)C(c3cccnc3)=CC[C@@H]12. The van der Waals surface area contributed by atoms with Gasteiger partial charge in [0, 0.05) is 25.2 Å². The number of nitrogens with zero attached hydrogens (tertiary/aromatic N) is 1. The monoisotopic (exact) mass is 335 g/mol. The van der Waals surface area contributed by atoms with Crippen molar-refractivity contribution in [1.82, 2.24) is 4.98 Å². The van der Waals surface area contributed by atoms with E-state index < -0.39 is 0 Å². The van der Waals surface area contributed by atoms with Crippen LogP contribution < -0.4 is 0 Å². The number of carbonyl (C=O) groups excluding carboxylic acids is 1. The van der Waals surface area contributed by atoms with Crippen LogP contribution in [0, 0.1) is 34.5 Å². The Morgan fingerprint density at radius 2 is 2.04 bits per heavy atom. The van der Waals surface area contributed by atoms with Gasteiger partial charge in [0.1, 0.15) is 5.78 Å². The van der Waals surface area contributed by atoms with E-state index in [1.54, 1.807) is 5.57 Å². The average Bonchev–Trinajstić information content (AvgIpc) is 3.10. The molecule has 4 aliphatic carbocycles. The summed E-state index contributed by atoms with van der Waals surface area (Å²) in [6.07, 6.45) is 14.5. The van der Waals surface area contributed by atoms with Crippen LogP contribution in [0.5, 0.6) is 0 Å². The molecule has 0 radical (unpaired) electrons. The number of ketones is 1. The van der Waals surface area contributed by atoms with Crippen LogP contribution in [0.1, 0.15) is 64.4 Å². The summed E-state index contributed by atoms with van der Waals surface area (Å²) in [6, 6.07) is 4.29. The Kier molecular flexibility index (Phi) is 3.34. The molecule has 1 aromatic heterocycles. The van der Waals surface area contributed by atoms with E-state index in [4.69, 9.17) is 0 Å². The lowest BCUT2D eigenvalue weighted by Crippen LogP contribution is -2.49. The zero-order chi connectivity index (χ0) is 17.2. The fourth-order valence-electron chi connectivity index (χ4n) is 7.45. The smallest absolute Gasteiger partial charge is 0.133 e. The first-order valence-electron chi connectivity index (χ1n) is 10.1.